The van der Waals surface area contributed by atoms with Gasteiger partial charge >= 0.3 is 0 Å². The molecular weight excluding hydrogens is 380 g/mol. The van der Waals surface area contributed by atoms with Crippen LogP contribution in [0, 0.1) is 40.4 Å². The molecule has 0 radical (unpaired) electrons. The normalized spacial score (nSPS) is 43.0. The van der Waals surface area contributed by atoms with Gasteiger partial charge in [-0.15, -0.1) is 0 Å². The number of rotatable bonds is 5. The van der Waals surface area contributed by atoms with Gasteiger partial charge in [-0.25, -0.2) is 0 Å². The van der Waals surface area contributed by atoms with Gasteiger partial charge in [-0.3, -0.25) is 4.79 Å². The molecule has 0 heterocycles. The fourth-order valence-electron chi connectivity index (χ4n) is 8.92. The molecule has 0 spiro atoms. The summed E-state index contributed by atoms with van der Waals surface area (Å²) in [6, 6.07) is 0. The lowest BCUT2D eigenvalue weighted by atomic mass is 9.48. The van der Waals surface area contributed by atoms with Crippen molar-refractivity contribution in [2.24, 2.45) is 40.4 Å². The van der Waals surface area contributed by atoms with E-state index in [1.165, 1.54) is 50.5 Å². The Morgan fingerprint density at radius 2 is 1.84 bits per heavy atom. The Bertz CT molecular complexity index is 772. The Hall–Kier alpha value is -0.890. The van der Waals surface area contributed by atoms with E-state index >= 15 is 0 Å². The van der Waals surface area contributed by atoms with Gasteiger partial charge in [-0.2, -0.15) is 0 Å². The molecule has 2 saturated carbocycles. The predicted octanol–water partition coefficient (Wildman–Crippen LogP) is 7.27. The van der Waals surface area contributed by atoms with E-state index in [0.717, 1.165) is 37.0 Å². The molecule has 0 amide bonds. The van der Waals surface area contributed by atoms with E-state index in [9.17, 15) is 9.90 Å². The largest absolute Gasteiger partial charge is 0.392 e. The third kappa shape index (κ3) is 3.79. The van der Waals surface area contributed by atoms with Gasteiger partial charge in [0, 0.05) is 5.92 Å². The summed E-state index contributed by atoms with van der Waals surface area (Å²) in [5, 5.41) is 10.6. The maximum absolute atomic E-state index is 12.5. The minimum atomic E-state index is -0.427. The Morgan fingerprint density at radius 3 is 2.52 bits per heavy atom. The lowest BCUT2D eigenvalue weighted by Gasteiger charge is -2.56. The molecule has 4 rings (SSSR count). The molecule has 0 aromatic rings. The Balaban J connectivity index is 1.59. The number of aliphatic hydroxyl groups is 1. The summed E-state index contributed by atoms with van der Waals surface area (Å²) in [6.45, 7) is 13.7. The number of aliphatic hydroxyl groups excluding tert-OH is 1. The van der Waals surface area contributed by atoms with E-state index in [-0.39, 0.29) is 17.1 Å². The summed E-state index contributed by atoms with van der Waals surface area (Å²) >= 11 is 0. The first-order valence-electron chi connectivity index (χ1n) is 13.1. The number of allylic oxidation sites excluding steroid dienone is 4. The Morgan fingerprint density at radius 1 is 1.10 bits per heavy atom. The van der Waals surface area contributed by atoms with Crippen molar-refractivity contribution in [2.45, 2.75) is 112 Å². The van der Waals surface area contributed by atoms with Crippen molar-refractivity contribution in [3.05, 3.63) is 22.8 Å². The lowest BCUT2D eigenvalue weighted by molar-refractivity contribution is -0.134. The third-order valence-electron chi connectivity index (χ3n) is 10.5. The van der Waals surface area contributed by atoms with Gasteiger partial charge in [-0.05, 0) is 119 Å². The Labute approximate surface area is 191 Å². The highest BCUT2D eigenvalue weighted by molar-refractivity contribution is 5.79. The van der Waals surface area contributed by atoms with Gasteiger partial charge in [-0.1, -0.05) is 43.6 Å². The molecule has 0 saturated heterocycles. The van der Waals surface area contributed by atoms with Crippen LogP contribution in [0.15, 0.2) is 22.8 Å². The number of ketones is 1. The summed E-state index contributed by atoms with van der Waals surface area (Å²) in [4.78, 5) is 12.5. The third-order valence-corrected chi connectivity index (χ3v) is 10.5. The average Bonchev–Trinajstić information content (AvgIpc) is 3.05. The summed E-state index contributed by atoms with van der Waals surface area (Å²) in [5.74, 6) is 2.81. The van der Waals surface area contributed by atoms with E-state index in [1.54, 1.807) is 18.1 Å². The molecule has 1 N–H and O–H groups in total. The summed E-state index contributed by atoms with van der Waals surface area (Å²) < 4.78 is 0. The number of fused-ring (bicyclic) bond motifs is 4. The van der Waals surface area contributed by atoms with Gasteiger partial charge in [0.05, 0.1) is 6.10 Å². The predicted molar refractivity (Wildman–Crippen MR) is 129 cm³/mol. The first-order chi connectivity index (χ1) is 14.6. The molecule has 2 fully saturated rings. The highest BCUT2D eigenvalue weighted by Crippen LogP contribution is 2.66. The fourth-order valence-corrected chi connectivity index (χ4v) is 8.92. The van der Waals surface area contributed by atoms with Crippen molar-refractivity contribution in [3.63, 3.8) is 0 Å². The second-order valence-corrected chi connectivity index (χ2v) is 12.4. The van der Waals surface area contributed by atoms with Crippen LogP contribution in [-0.4, -0.2) is 17.0 Å². The van der Waals surface area contributed by atoms with Crippen molar-refractivity contribution in [1.82, 2.24) is 0 Å². The first kappa shape index (κ1) is 23.3. The standard InChI is InChI=1S/C29H46O2/c1-18(2)8-7-9-19(3)22-12-13-23-21-10-11-25-27(20(4)30)26(31)15-17-29(25,6)24(21)14-16-28(22,23)5/h8,19,22-23,25-27,31H,7,9-17H2,1-6H3. The summed E-state index contributed by atoms with van der Waals surface area (Å²) in [6.07, 6.45) is 14.0. The van der Waals surface area contributed by atoms with E-state index in [0.29, 0.717) is 11.3 Å². The number of Topliss-reactive ketones (excluding diaryl/α,β-unsaturated/α-hetero) is 1. The van der Waals surface area contributed by atoms with E-state index in [1.807, 2.05) is 0 Å². The van der Waals surface area contributed by atoms with E-state index in [4.69, 9.17) is 0 Å². The zero-order valence-electron chi connectivity index (χ0n) is 21.0. The lowest BCUT2D eigenvalue weighted by Crippen LogP contribution is -2.51. The van der Waals surface area contributed by atoms with Crippen LogP contribution < -0.4 is 0 Å². The highest BCUT2D eigenvalue weighted by atomic mass is 16.3. The Kier molecular flexibility index (Phi) is 6.36. The van der Waals surface area contributed by atoms with Crippen molar-refractivity contribution >= 4 is 5.78 Å². The monoisotopic (exact) mass is 426 g/mol. The maximum Gasteiger partial charge on any atom is 0.135 e. The number of carbonyl (C=O) groups is 1. The van der Waals surface area contributed by atoms with E-state index in [2.05, 4.69) is 40.7 Å². The van der Waals surface area contributed by atoms with Crippen LogP contribution in [0.3, 0.4) is 0 Å². The average molecular weight is 427 g/mol. The van der Waals surface area contributed by atoms with Gasteiger partial charge in [0.15, 0.2) is 0 Å². The number of hydrogen-bond donors (Lipinski definition) is 1. The number of hydrogen-bond acceptors (Lipinski definition) is 2. The minimum absolute atomic E-state index is 0.137. The van der Waals surface area contributed by atoms with Gasteiger partial charge in [0.2, 0.25) is 0 Å². The molecule has 0 bridgehead atoms. The number of carbonyl (C=O) groups excluding carboxylic acids is 1. The van der Waals surface area contributed by atoms with Crippen LogP contribution in [0.1, 0.15) is 106 Å². The zero-order chi connectivity index (χ0) is 22.6. The SMILES string of the molecule is CC(=O)C1C(O)CCC2(C)C3=C(CCC12)C1CCC(C(C)CCC=C(C)C)C1(C)CC3. The molecule has 4 aliphatic rings. The molecule has 31 heavy (non-hydrogen) atoms. The second-order valence-electron chi connectivity index (χ2n) is 12.4. The molecule has 2 nitrogen and oxygen atoms in total. The van der Waals surface area contributed by atoms with Gasteiger partial charge in [0.25, 0.3) is 0 Å². The fraction of sp³-hybridized carbons (Fsp3) is 0.828. The van der Waals surface area contributed by atoms with Crippen LogP contribution >= 0.6 is 0 Å². The molecule has 4 aliphatic carbocycles. The summed E-state index contributed by atoms with van der Waals surface area (Å²) in [7, 11) is 0. The minimum Gasteiger partial charge on any atom is -0.392 e. The van der Waals surface area contributed by atoms with Crippen LogP contribution in [0.4, 0.5) is 0 Å². The molecule has 0 aromatic carbocycles. The quantitative estimate of drug-likeness (QED) is 0.469. The first-order valence-corrected chi connectivity index (χ1v) is 13.1. The molecule has 0 aromatic heterocycles. The second kappa shape index (κ2) is 8.47. The molecular formula is C29H46O2. The van der Waals surface area contributed by atoms with Gasteiger partial charge in [0.1, 0.15) is 5.78 Å². The highest BCUT2D eigenvalue weighted by Gasteiger charge is 2.57. The zero-order valence-corrected chi connectivity index (χ0v) is 21.0. The van der Waals surface area contributed by atoms with Gasteiger partial charge < -0.3 is 5.11 Å². The van der Waals surface area contributed by atoms with E-state index < -0.39 is 6.10 Å². The van der Waals surface area contributed by atoms with Crippen LogP contribution in [0.2, 0.25) is 0 Å². The smallest absolute Gasteiger partial charge is 0.135 e. The van der Waals surface area contributed by atoms with Crippen LogP contribution in [-0.2, 0) is 4.79 Å². The van der Waals surface area contributed by atoms with Crippen LogP contribution in [0.25, 0.3) is 0 Å². The molecule has 8 unspecified atom stereocenters. The molecule has 2 heteroatoms. The topological polar surface area (TPSA) is 37.3 Å². The van der Waals surface area contributed by atoms with Crippen molar-refractivity contribution < 1.29 is 9.90 Å². The van der Waals surface area contributed by atoms with Crippen molar-refractivity contribution in [3.8, 4) is 0 Å². The molecule has 0 aliphatic heterocycles. The van der Waals surface area contributed by atoms with Crippen molar-refractivity contribution in [2.75, 3.05) is 0 Å². The molecule has 174 valence electrons. The van der Waals surface area contributed by atoms with Crippen molar-refractivity contribution in [1.29, 1.82) is 0 Å². The maximum atomic E-state index is 12.5. The van der Waals surface area contributed by atoms with Crippen LogP contribution in [0.5, 0.6) is 0 Å². The summed E-state index contributed by atoms with van der Waals surface area (Å²) in [5.41, 5.74) is 5.56. The molecule has 8 atom stereocenters.